The van der Waals surface area contributed by atoms with Crippen LogP contribution in [0, 0.1) is 20.8 Å². The number of nitrogens with zero attached hydrogens (tertiary/aromatic N) is 2. The molecule has 0 aromatic carbocycles. The summed E-state index contributed by atoms with van der Waals surface area (Å²) in [6, 6.07) is 4.80. The van der Waals surface area contributed by atoms with Crippen molar-refractivity contribution in [1.82, 2.24) is 9.55 Å². The highest BCUT2D eigenvalue weighted by molar-refractivity contribution is 5.90. The zero-order chi connectivity index (χ0) is 14.2. The van der Waals surface area contributed by atoms with Gasteiger partial charge in [0.2, 0.25) is 0 Å². The first-order valence-corrected chi connectivity index (χ1v) is 5.82. The second-order valence-electron chi connectivity index (χ2n) is 4.37. The molecule has 19 heavy (non-hydrogen) atoms. The Balaban J connectivity index is 2.86. The molecule has 1 N–H and O–H groups in total. The Morgan fingerprint density at radius 2 is 2.00 bits per heavy atom. The van der Waals surface area contributed by atoms with Gasteiger partial charge < -0.3 is 5.11 Å². The maximum Gasteiger partial charge on any atom is 0.337 e. The lowest BCUT2D eigenvalue weighted by molar-refractivity contribution is 0.0694. The Morgan fingerprint density at radius 3 is 2.58 bits per heavy atom. The van der Waals surface area contributed by atoms with E-state index >= 15 is 0 Å². The molecule has 98 valence electrons. The third-order valence-corrected chi connectivity index (χ3v) is 3.09. The fourth-order valence-corrected chi connectivity index (χ4v) is 2.22. The van der Waals surface area contributed by atoms with Gasteiger partial charge in [-0.3, -0.25) is 14.3 Å². The summed E-state index contributed by atoms with van der Waals surface area (Å²) in [7, 11) is 0. The van der Waals surface area contributed by atoms with Gasteiger partial charge in [0.15, 0.2) is 0 Å². The molecule has 0 aliphatic heterocycles. The third-order valence-electron chi connectivity index (χ3n) is 3.09. The van der Waals surface area contributed by atoms with Crippen molar-refractivity contribution in [3.8, 4) is 5.69 Å². The monoisotopic (exact) mass is 258 g/mol. The summed E-state index contributed by atoms with van der Waals surface area (Å²) in [5.74, 6) is -1.04. The summed E-state index contributed by atoms with van der Waals surface area (Å²) in [6.45, 7) is 5.03. The van der Waals surface area contributed by atoms with Crippen LogP contribution in [0.5, 0.6) is 0 Å². The zero-order valence-electron chi connectivity index (χ0n) is 11.0. The van der Waals surface area contributed by atoms with Gasteiger partial charge in [-0.05, 0) is 38.5 Å². The van der Waals surface area contributed by atoms with Crippen LogP contribution in [-0.2, 0) is 0 Å². The largest absolute Gasteiger partial charge is 0.478 e. The van der Waals surface area contributed by atoms with Crippen LogP contribution in [0.15, 0.2) is 29.2 Å². The quantitative estimate of drug-likeness (QED) is 0.892. The Morgan fingerprint density at radius 1 is 1.32 bits per heavy atom. The number of rotatable bonds is 2. The van der Waals surface area contributed by atoms with Gasteiger partial charge in [-0.2, -0.15) is 0 Å². The molecule has 0 aliphatic carbocycles. The molecule has 5 nitrogen and oxygen atoms in total. The minimum Gasteiger partial charge on any atom is -0.478 e. The predicted molar refractivity (Wildman–Crippen MR) is 71.0 cm³/mol. The van der Waals surface area contributed by atoms with Crippen LogP contribution in [0.1, 0.15) is 27.3 Å². The van der Waals surface area contributed by atoms with Crippen molar-refractivity contribution < 1.29 is 9.90 Å². The van der Waals surface area contributed by atoms with E-state index in [1.165, 1.54) is 10.6 Å². The van der Waals surface area contributed by atoms with E-state index in [-0.39, 0.29) is 11.1 Å². The van der Waals surface area contributed by atoms with Crippen LogP contribution in [-0.4, -0.2) is 20.6 Å². The minimum atomic E-state index is -1.04. The third kappa shape index (κ3) is 2.14. The van der Waals surface area contributed by atoms with Crippen LogP contribution in [0.2, 0.25) is 0 Å². The average Bonchev–Trinajstić information content (AvgIpc) is 2.30. The summed E-state index contributed by atoms with van der Waals surface area (Å²) < 4.78 is 1.39. The van der Waals surface area contributed by atoms with E-state index in [4.69, 9.17) is 0 Å². The van der Waals surface area contributed by atoms with Crippen molar-refractivity contribution in [1.29, 1.82) is 0 Å². The van der Waals surface area contributed by atoms with E-state index in [2.05, 4.69) is 4.98 Å². The highest BCUT2D eigenvalue weighted by Gasteiger charge is 2.17. The predicted octanol–water partition coefficient (Wildman–Crippen LogP) is 1.86. The fraction of sp³-hybridized carbons (Fsp3) is 0.214. The van der Waals surface area contributed by atoms with Crippen LogP contribution in [0.4, 0.5) is 0 Å². The highest BCUT2D eigenvalue weighted by Crippen LogP contribution is 2.17. The fourth-order valence-electron chi connectivity index (χ4n) is 2.22. The van der Waals surface area contributed by atoms with Crippen molar-refractivity contribution >= 4 is 5.97 Å². The standard InChI is InChI=1S/C14H14N2O3/c1-8-7-12(17)16(10(3)13(8)14(18)19)11-5-4-6-15-9(11)2/h4-7H,1-3H3,(H,18,19). The molecule has 2 heterocycles. The van der Waals surface area contributed by atoms with Gasteiger partial charge in [-0.1, -0.05) is 0 Å². The molecule has 0 atom stereocenters. The average molecular weight is 258 g/mol. The first-order valence-electron chi connectivity index (χ1n) is 5.82. The van der Waals surface area contributed by atoms with Crippen LogP contribution >= 0.6 is 0 Å². The summed E-state index contributed by atoms with van der Waals surface area (Å²) in [5.41, 5.74) is 2.06. The lowest BCUT2D eigenvalue weighted by Crippen LogP contribution is -2.24. The molecule has 2 rings (SSSR count). The van der Waals surface area contributed by atoms with Crippen molar-refractivity contribution in [3.05, 3.63) is 57.3 Å². The summed E-state index contributed by atoms with van der Waals surface area (Å²) >= 11 is 0. The molecule has 0 unspecified atom stereocenters. The minimum absolute atomic E-state index is 0.155. The molecule has 0 radical (unpaired) electrons. The molecule has 0 bridgehead atoms. The second-order valence-corrected chi connectivity index (χ2v) is 4.37. The lowest BCUT2D eigenvalue weighted by Gasteiger charge is -2.15. The Hall–Kier alpha value is -2.43. The summed E-state index contributed by atoms with van der Waals surface area (Å²) in [6.07, 6.45) is 1.63. The second kappa shape index (κ2) is 4.68. The number of carbonyl (C=O) groups is 1. The number of aryl methyl sites for hydroxylation is 2. The zero-order valence-corrected chi connectivity index (χ0v) is 11.0. The number of carboxylic acid groups (broad SMARTS) is 1. The van der Waals surface area contributed by atoms with E-state index in [1.807, 2.05) is 0 Å². The van der Waals surface area contributed by atoms with Crippen LogP contribution in [0.25, 0.3) is 5.69 Å². The van der Waals surface area contributed by atoms with Crippen molar-refractivity contribution in [2.45, 2.75) is 20.8 Å². The number of aromatic nitrogens is 2. The van der Waals surface area contributed by atoms with E-state index in [9.17, 15) is 14.7 Å². The Bertz CT molecular complexity index is 717. The maximum absolute atomic E-state index is 12.1. The number of hydrogen-bond acceptors (Lipinski definition) is 3. The van der Waals surface area contributed by atoms with Crippen LogP contribution in [0.3, 0.4) is 0 Å². The summed E-state index contributed by atoms with van der Waals surface area (Å²) in [5, 5.41) is 9.25. The van der Waals surface area contributed by atoms with E-state index in [0.29, 0.717) is 22.6 Å². The van der Waals surface area contributed by atoms with Crippen LogP contribution < -0.4 is 5.56 Å². The van der Waals surface area contributed by atoms with Gasteiger partial charge in [-0.15, -0.1) is 0 Å². The van der Waals surface area contributed by atoms with E-state index < -0.39 is 5.97 Å². The molecule has 2 aromatic heterocycles. The number of carboxylic acids is 1. The molecule has 2 aromatic rings. The van der Waals surface area contributed by atoms with E-state index in [0.717, 1.165) is 0 Å². The van der Waals surface area contributed by atoms with Crippen molar-refractivity contribution in [2.75, 3.05) is 0 Å². The molecule has 0 saturated carbocycles. The van der Waals surface area contributed by atoms with Crippen molar-refractivity contribution in [3.63, 3.8) is 0 Å². The van der Waals surface area contributed by atoms with Gasteiger partial charge in [0.05, 0.1) is 16.9 Å². The normalized spacial score (nSPS) is 10.5. The molecule has 0 aliphatic rings. The molecular formula is C14H14N2O3. The topological polar surface area (TPSA) is 72.2 Å². The molecule has 0 amide bonds. The lowest BCUT2D eigenvalue weighted by atomic mass is 10.1. The van der Waals surface area contributed by atoms with Gasteiger partial charge in [0, 0.05) is 18.0 Å². The maximum atomic E-state index is 12.1. The molecular weight excluding hydrogens is 244 g/mol. The van der Waals surface area contributed by atoms with Gasteiger partial charge in [0.1, 0.15) is 0 Å². The smallest absolute Gasteiger partial charge is 0.337 e. The molecule has 5 heteroatoms. The van der Waals surface area contributed by atoms with E-state index in [1.54, 1.807) is 39.1 Å². The SMILES string of the molecule is Cc1cc(=O)n(-c2cccnc2C)c(C)c1C(=O)O. The molecule has 0 spiro atoms. The first kappa shape index (κ1) is 13.0. The summed E-state index contributed by atoms with van der Waals surface area (Å²) in [4.78, 5) is 27.5. The van der Waals surface area contributed by atoms with Gasteiger partial charge in [-0.25, -0.2) is 4.79 Å². The number of aromatic carboxylic acids is 1. The van der Waals surface area contributed by atoms with Gasteiger partial charge >= 0.3 is 5.97 Å². The highest BCUT2D eigenvalue weighted by atomic mass is 16.4. The van der Waals surface area contributed by atoms with Crippen molar-refractivity contribution in [2.24, 2.45) is 0 Å². The number of hydrogen-bond donors (Lipinski definition) is 1. The Kier molecular flexibility index (Phi) is 3.21. The van der Waals surface area contributed by atoms with Gasteiger partial charge in [0.25, 0.3) is 5.56 Å². The Labute approximate surface area is 110 Å². The first-order chi connectivity index (χ1) is 8.93. The molecule has 0 saturated heterocycles. The molecule has 0 fully saturated rings. The number of pyridine rings is 2.